The summed E-state index contributed by atoms with van der Waals surface area (Å²) in [4.78, 5) is 0. The molecule has 0 bridgehead atoms. The van der Waals surface area contributed by atoms with Gasteiger partial charge in [-0.2, -0.15) is 0 Å². The Morgan fingerprint density at radius 1 is 1.25 bits per heavy atom. The third kappa shape index (κ3) is 8.95. The molecule has 0 spiro atoms. The molecule has 0 aromatic heterocycles. The van der Waals surface area contributed by atoms with Gasteiger partial charge < -0.3 is 0 Å². The van der Waals surface area contributed by atoms with Crippen molar-refractivity contribution in [2.75, 3.05) is 0 Å². The van der Waals surface area contributed by atoms with Gasteiger partial charge in [-0.25, -0.2) is 0 Å². The van der Waals surface area contributed by atoms with Gasteiger partial charge in [0.2, 0.25) is 0 Å². The van der Waals surface area contributed by atoms with E-state index in [0.717, 1.165) is 0 Å². The maximum absolute atomic E-state index is 3.41. The third-order valence-electron chi connectivity index (χ3n) is 0. The molecule has 0 saturated carbocycles. The third-order valence-corrected chi connectivity index (χ3v) is 0. The topological polar surface area (TPSA) is 0 Å². The van der Waals surface area contributed by atoms with Gasteiger partial charge in [0, 0.05) is 17.1 Å². The molecule has 0 amide bonds. The van der Waals surface area contributed by atoms with E-state index in [1.165, 1.54) is 0 Å². The molecule has 0 atom stereocenters. The number of rotatable bonds is 0. The van der Waals surface area contributed by atoms with Crippen LogP contribution in [0.5, 0.6) is 0 Å². The average molecular weight is 222 g/mol. The van der Waals surface area contributed by atoms with Crippen LogP contribution >= 0.6 is 0 Å². The van der Waals surface area contributed by atoms with Crippen molar-refractivity contribution in [1.29, 1.82) is 0 Å². The van der Waals surface area contributed by atoms with Crippen molar-refractivity contribution < 1.29 is 56.7 Å². The van der Waals surface area contributed by atoms with Crippen LogP contribution in [0.2, 0.25) is 0 Å². The first kappa shape index (κ1) is 9.42. The normalized spacial score (nSPS) is 4.50. The van der Waals surface area contributed by atoms with Crippen molar-refractivity contribution in [3.63, 3.8) is 0 Å². The minimum atomic E-state index is 0. The molecule has 0 N–H and O–H groups in total. The molecule has 0 aromatic rings. The van der Waals surface area contributed by atoms with Crippen molar-refractivity contribution in [2.45, 2.75) is 0 Å². The van der Waals surface area contributed by atoms with E-state index >= 15 is 0 Å². The van der Waals surface area contributed by atoms with Gasteiger partial charge >= 0.3 is 39.7 Å². The van der Waals surface area contributed by atoms with Crippen LogP contribution in [0.3, 0.4) is 0 Å². The van der Waals surface area contributed by atoms with Gasteiger partial charge in [-0.3, -0.25) is 0 Å². The van der Waals surface area contributed by atoms with E-state index in [9.17, 15) is 0 Å². The summed E-state index contributed by atoms with van der Waals surface area (Å²) in [6.45, 7) is 0. The van der Waals surface area contributed by atoms with Crippen molar-refractivity contribution in [3.8, 4) is 0 Å². The Morgan fingerprint density at radius 2 is 1.25 bits per heavy atom. The van der Waals surface area contributed by atoms with Gasteiger partial charge in [-0.1, -0.05) is 0 Å². The maximum atomic E-state index is 3.41. The molecule has 30 valence electrons. The fourth-order valence-corrected chi connectivity index (χ4v) is 0. The molecule has 0 saturated heterocycles. The first-order chi connectivity index (χ1) is 1.41. The molecular formula is Fe2Mn2. The molecular weight excluding hydrogens is 222 g/mol. The molecule has 0 aliphatic carbocycles. The van der Waals surface area contributed by atoms with Crippen molar-refractivity contribution >= 4 is 0 Å². The molecule has 0 aromatic carbocycles. The summed E-state index contributed by atoms with van der Waals surface area (Å²) in [5.41, 5.74) is 0. The fourth-order valence-electron chi connectivity index (χ4n) is 0. The van der Waals surface area contributed by atoms with Crippen molar-refractivity contribution in [2.24, 2.45) is 0 Å². The summed E-state index contributed by atoms with van der Waals surface area (Å²) in [7, 11) is 0. The molecule has 1 radical (unpaired) electrons. The van der Waals surface area contributed by atoms with Crippen molar-refractivity contribution in [1.82, 2.24) is 0 Å². The van der Waals surface area contributed by atoms with Crippen LogP contribution in [0.1, 0.15) is 0 Å². The summed E-state index contributed by atoms with van der Waals surface area (Å²) in [6, 6.07) is 0. The van der Waals surface area contributed by atoms with E-state index in [-0.39, 0.29) is 17.1 Å². The summed E-state index contributed by atoms with van der Waals surface area (Å²) < 4.78 is 0. The fraction of sp³-hybridized carbons (Fsp3) is 0. The van der Waals surface area contributed by atoms with Gasteiger partial charge in [0.05, 0.1) is 0 Å². The Hall–Kier alpha value is 2.08. The van der Waals surface area contributed by atoms with Crippen molar-refractivity contribution in [3.05, 3.63) is 0 Å². The Balaban J connectivity index is 0. The minimum absolute atomic E-state index is 0. The molecule has 0 aliphatic rings. The first-order valence-electron chi connectivity index (χ1n) is 0.267. The Morgan fingerprint density at radius 3 is 1.25 bits per heavy atom. The van der Waals surface area contributed by atoms with Gasteiger partial charge in [-0.15, -0.1) is 0 Å². The van der Waals surface area contributed by atoms with Crippen LogP contribution in [-0.2, 0) is 56.7 Å². The van der Waals surface area contributed by atoms with Crippen LogP contribution in [0.4, 0.5) is 0 Å². The molecule has 0 heterocycles. The van der Waals surface area contributed by atoms with Gasteiger partial charge in [0.1, 0.15) is 0 Å². The van der Waals surface area contributed by atoms with Gasteiger partial charge in [0.15, 0.2) is 0 Å². The van der Waals surface area contributed by atoms with E-state index in [2.05, 4.69) is 28.4 Å². The molecule has 0 fully saturated rings. The van der Waals surface area contributed by atoms with E-state index in [0.29, 0.717) is 11.3 Å². The van der Waals surface area contributed by atoms with E-state index < -0.39 is 0 Å². The van der Waals surface area contributed by atoms with Crippen LogP contribution in [-0.4, -0.2) is 0 Å². The zero-order chi connectivity index (χ0) is 2.71. The van der Waals surface area contributed by atoms with Crippen LogP contribution in [0.15, 0.2) is 0 Å². The summed E-state index contributed by atoms with van der Waals surface area (Å²) in [5, 5.41) is 0. The molecule has 0 aliphatic heterocycles. The summed E-state index contributed by atoms with van der Waals surface area (Å²) in [6.07, 6.45) is 0. The molecule has 4 heteroatoms. The van der Waals surface area contributed by atoms with Crippen LogP contribution in [0, 0.1) is 0 Å². The Kier molecular flexibility index (Phi) is 21.0. The second-order valence-electron chi connectivity index (χ2n) is 0.0472. The summed E-state index contributed by atoms with van der Waals surface area (Å²) >= 11 is 7.38. The second-order valence-corrected chi connectivity index (χ2v) is 3.31. The van der Waals surface area contributed by atoms with Crippen LogP contribution < -0.4 is 0 Å². The molecule has 0 unspecified atom stereocenters. The van der Waals surface area contributed by atoms with E-state index in [1.54, 1.807) is 0 Å². The standard InChI is InChI=1S/2Fe.2Mn. The maximum Gasteiger partial charge on any atom is 0 e. The zero-order valence-electron chi connectivity index (χ0n) is 1.46. The average Bonchev–Trinajstić information content (AvgIpc) is 0.918. The molecule has 4 heavy (non-hydrogen) atoms. The largest absolute Gasteiger partial charge is 0 e. The second kappa shape index (κ2) is 8.91. The first-order valence-corrected chi connectivity index (χ1v) is 4.54. The molecule has 0 rings (SSSR count). The van der Waals surface area contributed by atoms with Gasteiger partial charge in [-0.05, 0) is 0 Å². The minimum Gasteiger partial charge on any atom is 0 e. The van der Waals surface area contributed by atoms with Crippen LogP contribution in [0.25, 0.3) is 0 Å². The number of hydrogen-bond donors (Lipinski definition) is 0. The Labute approximate surface area is 56.2 Å². The smallest absolute Gasteiger partial charge is 0 e. The quantitative estimate of drug-likeness (QED) is 0.505. The Bertz CT molecular complexity index is 4.00. The molecule has 0 nitrogen and oxygen atoms in total. The summed E-state index contributed by atoms with van der Waals surface area (Å²) in [5.74, 6) is 0. The number of hydrogen-bond acceptors (Lipinski definition) is 0. The van der Waals surface area contributed by atoms with E-state index in [4.69, 9.17) is 0 Å². The monoisotopic (exact) mass is 222 g/mol. The zero-order valence-corrected chi connectivity index (χ0v) is 6.03. The SMILES string of the molecule is [Fe][Mn][Fe].[Mn]. The predicted octanol–water partition coefficient (Wildman–Crippen LogP) is -0.0100. The predicted molar refractivity (Wildman–Crippen MR) is 0 cm³/mol. The van der Waals surface area contributed by atoms with E-state index in [1.807, 2.05) is 0 Å². The van der Waals surface area contributed by atoms with Gasteiger partial charge in [0.25, 0.3) is 0 Å².